The molecule has 0 fully saturated rings. The van der Waals surface area contributed by atoms with Gasteiger partial charge >= 0.3 is 0 Å². The summed E-state index contributed by atoms with van der Waals surface area (Å²) in [7, 11) is 0. The summed E-state index contributed by atoms with van der Waals surface area (Å²) in [5.74, 6) is 1.42. The van der Waals surface area contributed by atoms with Crippen LogP contribution in [0, 0.1) is 13.8 Å². The Bertz CT molecular complexity index is 555. The predicted octanol–water partition coefficient (Wildman–Crippen LogP) is 4.21. The molecule has 2 rings (SSSR count). The van der Waals surface area contributed by atoms with Crippen LogP contribution in [0.5, 0.6) is 0 Å². The zero-order valence-electron chi connectivity index (χ0n) is 10.5. The second-order valence-electron chi connectivity index (χ2n) is 3.89. The van der Waals surface area contributed by atoms with Gasteiger partial charge in [0, 0.05) is 16.1 Å². The first-order valence-electron chi connectivity index (χ1n) is 5.52. The Morgan fingerprint density at radius 2 is 1.78 bits per heavy atom. The summed E-state index contributed by atoms with van der Waals surface area (Å²) in [4.78, 5) is 9.70. The van der Waals surface area contributed by atoms with Gasteiger partial charge in [0.05, 0.1) is 0 Å². The average molecular weight is 280 g/mol. The fraction of sp³-hybridized carbons (Fsp3) is 0.231. The SMILES string of the molecule is CSc1ccc(Nc2nc(C)nc(Cl)c2C)cc1. The maximum absolute atomic E-state index is 6.04. The second-order valence-corrected chi connectivity index (χ2v) is 5.13. The number of aryl methyl sites for hydroxylation is 1. The van der Waals surface area contributed by atoms with Crippen molar-refractivity contribution in [2.24, 2.45) is 0 Å². The molecule has 3 nitrogen and oxygen atoms in total. The summed E-state index contributed by atoms with van der Waals surface area (Å²) in [6, 6.07) is 8.18. The van der Waals surface area contributed by atoms with Gasteiger partial charge in [0.25, 0.3) is 0 Å². The Hall–Kier alpha value is -1.26. The third-order valence-electron chi connectivity index (χ3n) is 2.55. The smallest absolute Gasteiger partial charge is 0.138 e. The molecule has 94 valence electrons. The summed E-state index contributed by atoms with van der Waals surface area (Å²) < 4.78 is 0. The van der Waals surface area contributed by atoms with E-state index in [0.717, 1.165) is 17.1 Å². The number of rotatable bonds is 3. The van der Waals surface area contributed by atoms with Crippen LogP contribution in [0.1, 0.15) is 11.4 Å². The van der Waals surface area contributed by atoms with Gasteiger partial charge in [-0.3, -0.25) is 0 Å². The molecule has 1 aromatic carbocycles. The van der Waals surface area contributed by atoms with Crippen molar-refractivity contribution in [3.05, 3.63) is 40.8 Å². The molecule has 0 saturated carbocycles. The molecule has 0 bridgehead atoms. The molecule has 0 unspecified atom stereocenters. The number of halogens is 1. The van der Waals surface area contributed by atoms with Crippen molar-refractivity contribution in [2.75, 3.05) is 11.6 Å². The highest BCUT2D eigenvalue weighted by atomic mass is 35.5. The zero-order valence-corrected chi connectivity index (χ0v) is 12.1. The Morgan fingerprint density at radius 3 is 2.39 bits per heavy atom. The van der Waals surface area contributed by atoms with Crippen molar-refractivity contribution in [3.8, 4) is 0 Å². The van der Waals surface area contributed by atoms with E-state index in [-0.39, 0.29) is 0 Å². The van der Waals surface area contributed by atoms with Gasteiger partial charge in [0.15, 0.2) is 0 Å². The summed E-state index contributed by atoms with van der Waals surface area (Å²) in [5, 5.41) is 3.75. The number of nitrogens with zero attached hydrogens (tertiary/aromatic N) is 2. The molecule has 0 amide bonds. The van der Waals surface area contributed by atoms with Crippen molar-refractivity contribution in [3.63, 3.8) is 0 Å². The zero-order chi connectivity index (χ0) is 13.1. The minimum atomic E-state index is 0.491. The minimum Gasteiger partial charge on any atom is -0.340 e. The van der Waals surface area contributed by atoms with Crippen LogP contribution in [0.3, 0.4) is 0 Å². The molecule has 1 aromatic heterocycles. The lowest BCUT2D eigenvalue weighted by Crippen LogP contribution is -2.01. The molecule has 1 heterocycles. The van der Waals surface area contributed by atoms with Crippen LogP contribution in [0.25, 0.3) is 0 Å². The number of aromatic nitrogens is 2. The van der Waals surface area contributed by atoms with Crippen molar-refractivity contribution in [1.29, 1.82) is 0 Å². The topological polar surface area (TPSA) is 37.8 Å². The van der Waals surface area contributed by atoms with Crippen LogP contribution < -0.4 is 5.32 Å². The van der Waals surface area contributed by atoms with Gasteiger partial charge in [-0.25, -0.2) is 9.97 Å². The van der Waals surface area contributed by atoms with Crippen molar-refractivity contribution >= 4 is 34.9 Å². The van der Waals surface area contributed by atoms with Crippen molar-refractivity contribution in [1.82, 2.24) is 9.97 Å². The largest absolute Gasteiger partial charge is 0.340 e. The monoisotopic (exact) mass is 279 g/mol. The molecule has 0 saturated heterocycles. The maximum atomic E-state index is 6.04. The summed E-state index contributed by atoms with van der Waals surface area (Å²) in [6.45, 7) is 3.73. The van der Waals surface area contributed by atoms with E-state index in [1.165, 1.54) is 4.90 Å². The van der Waals surface area contributed by atoms with Crippen molar-refractivity contribution < 1.29 is 0 Å². The van der Waals surface area contributed by atoms with Gasteiger partial charge in [0.1, 0.15) is 16.8 Å². The highest BCUT2D eigenvalue weighted by Gasteiger charge is 2.07. The van der Waals surface area contributed by atoms with Crippen LogP contribution in [0.15, 0.2) is 29.2 Å². The van der Waals surface area contributed by atoms with Gasteiger partial charge in [-0.15, -0.1) is 11.8 Å². The first kappa shape index (κ1) is 13.2. The van der Waals surface area contributed by atoms with E-state index < -0.39 is 0 Å². The van der Waals surface area contributed by atoms with E-state index in [2.05, 4.69) is 33.7 Å². The first-order valence-corrected chi connectivity index (χ1v) is 7.12. The highest BCUT2D eigenvalue weighted by Crippen LogP contribution is 2.24. The molecule has 1 N–H and O–H groups in total. The minimum absolute atomic E-state index is 0.491. The van der Waals surface area contributed by atoms with Gasteiger partial charge in [-0.1, -0.05) is 11.6 Å². The van der Waals surface area contributed by atoms with E-state index in [1.807, 2.05) is 26.0 Å². The quantitative estimate of drug-likeness (QED) is 0.674. The lowest BCUT2D eigenvalue weighted by atomic mass is 10.3. The van der Waals surface area contributed by atoms with Gasteiger partial charge in [-0.05, 0) is 44.4 Å². The predicted molar refractivity (Wildman–Crippen MR) is 78.0 cm³/mol. The highest BCUT2D eigenvalue weighted by molar-refractivity contribution is 7.98. The first-order chi connectivity index (χ1) is 8.60. The number of nitrogens with one attached hydrogen (secondary N) is 1. The lowest BCUT2D eigenvalue weighted by molar-refractivity contribution is 1.04. The number of hydrogen-bond donors (Lipinski definition) is 1. The molecular formula is C13H14ClN3S. The fourth-order valence-corrected chi connectivity index (χ4v) is 2.15. The van der Waals surface area contributed by atoms with E-state index in [1.54, 1.807) is 11.8 Å². The number of benzene rings is 1. The third-order valence-corrected chi connectivity index (χ3v) is 3.66. The fourth-order valence-electron chi connectivity index (χ4n) is 1.53. The van der Waals surface area contributed by atoms with Crippen LogP contribution in [-0.2, 0) is 0 Å². The molecule has 2 aromatic rings. The summed E-state index contributed by atoms with van der Waals surface area (Å²) >= 11 is 7.76. The van der Waals surface area contributed by atoms with Gasteiger partial charge in [-0.2, -0.15) is 0 Å². The van der Waals surface area contributed by atoms with E-state index in [4.69, 9.17) is 11.6 Å². The molecule has 0 radical (unpaired) electrons. The van der Waals surface area contributed by atoms with Crippen LogP contribution in [0.4, 0.5) is 11.5 Å². The number of anilines is 2. The van der Waals surface area contributed by atoms with E-state index in [9.17, 15) is 0 Å². The second kappa shape index (κ2) is 5.59. The average Bonchev–Trinajstić information content (AvgIpc) is 2.36. The molecule has 0 aliphatic heterocycles. The molecule has 0 aliphatic carbocycles. The Morgan fingerprint density at radius 1 is 1.11 bits per heavy atom. The van der Waals surface area contributed by atoms with Gasteiger partial charge in [0.2, 0.25) is 0 Å². The number of hydrogen-bond acceptors (Lipinski definition) is 4. The standard InChI is InChI=1S/C13H14ClN3S/c1-8-12(14)15-9(2)16-13(8)17-10-4-6-11(18-3)7-5-10/h4-7H,1-3H3,(H,15,16,17). The normalized spacial score (nSPS) is 10.4. The molecule has 0 aliphatic rings. The maximum Gasteiger partial charge on any atom is 0.138 e. The Labute approximate surface area is 116 Å². The molecular weight excluding hydrogens is 266 g/mol. The van der Waals surface area contributed by atoms with Crippen molar-refractivity contribution in [2.45, 2.75) is 18.7 Å². The molecule has 0 atom stereocenters. The Kier molecular flexibility index (Phi) is 4.09. The molecule has 5 heteroatoms. The number of thioether (sulfide) groups is 1. The summed E-state index contributed by atoms with van der Waals surface area (Å²) in [5.41, 5.74) is 1.85. The Balaban J connectivity index is 2.27. The van der Waals surface area contributed by atoms with E-state index in [0.29, 0.717) is 11.0 Å². The third kappa shape index (κ3) is 2.94. The van der Waals surface area contributed by atoms with Crippen LogP contribution in [0.2, 0.25) is 5.15 Å². The lowest BCUT2D eigenvalue weighted by Gasteiger charge is -2.10. The molecule has 18 heavy (non-hydrogen) atoms. The molecule has 0 spiro atoms. The summed E-state index contributed by atoms with van der Waals surface area (Å²) in [6.07, 6.45) is 2.06. The van der Waals surface area contributed by atoms with E-state index >= 15 is 0 Å². The van der Waals surface area contributed by atoms with Crippen LogP contribution in [-0.4, -0.2) is 16.2 Å². The van der Waals surface area contributed by atoms with Gasteiger partial charge < -0.3 is 5.32 Å². The van der Waals surface area contributed by atoms with Crippen LogP contribution >= 0.6 is 23.4 Å².